The van der Waals surface area contributed by atoms with Gasteiger partial charge in [-0.2, -0.15) is 0 Å². The van der Waals surface area contributed by atoms with Gasteiger partial charge in [-0.15, -0.1) is 0 Å². The number of carbonyl (C=O) groups is 1. The number of nitrogens with zero attached hydrogens (tertiary/aromatic N) is 3. The van der Waals surface area contributed by atoms with Crippen LogP contribution in [0.3, 0.4) is 0 Å². The summed E-state index contributed by atoms with van der Waals surface area (Å²) in [7, 11) is 0. The summed E-state index contributed by atoms with van der Waals surface area (Å²) in [6.45, 7) is 4.61. The average Bonchev–Trinajstić information content (AvgIpc) is 3.13. The van der Waals surface area contributed by atoms with Gasteiger partial charge in [0.05, 0.1) is 11.8 Å². The quantitative estimate of drug-likeness (QED) is 0.725. The minimum Gasteiger partial charge on any atom is -0.489 e. The number of anilines is 3. The number of ether oxygens (including phenoxy) is 1. The molecule has 0 fully saturated rings. The fourth-order valence-corrected chi connectivity index (χ4v) is 3.27. The minimum atomic E-state index is -0.123. The van der Waals surface area contributed by atoms with Gasteiger partial charge in [-0.1, -0.05) is 30.3 Å². The number of nitrogens with one attached hydrogen (secondary N) is 1. The van der Waals surface area contributed by atoms with Gasteiger partial charge in [0.1, 0.15) is 11.4 Å². The second-order valence-electron chi connectivity index (χ2n) is 6.89. The molecule has 0 atom stereocenters. The summed E-state index contributed by atoms with van der Waals surface area (Å²) in [5, 5.41) is 3.16. The van der Waals surface area contributed by atoms with E-state index in [-0.39, 0.29) is 12.0 Å². The van der Waals surface area contributed by atoms with Crippen molar-refractivity contribution in [3.05, 3.63) is 72.1 Å². The van der Waals surface area contributed by atoms with Gasteiger partial charge in [0.15, 0.2) is 0 Å². The van der Waals surface area contributed by atoms with Gasteiger partial charge < -0.3 is 15.0 Å². The van der Waals surface area contributed by atoms with Gasteiger partial charge in [0.2, 0.25) is 5.95 Å². The smallest absolute Gasteiger partial charge is 0.277 e. The Morgan fingerprint density at radius 3 is 2.75 bits per heavy atom. The predicted octanol–water partition coefficient (Wildman–Crippen LogP) is 4.21. The van der Waals surface area contributed by atoms with Crippen LogP contribution in [-0.2, 0) is 6.42 Å². The summed E-state index contributed by atoms with van der Waals surface area (Å²) in [6.07, 6.45) is 2.50. The molecule has 142 valence electrons. The van der Waals surface area contributed by atoms with E-state index in [4.69, 9.17) is 4.74 Å². The van der Waals surface area contributed by atoms with Gasteiger partial charge in [-0.25, -0.2) is 9.97 Å². The molecule has 1 aliphatic heterocycles. The number of hydrogen-bond donors (Lipinski definition) is 1. The Morgan fingerprint density at radius 1 is 1.11 bits per heavy atom. The van der Waals surface area contributed by atoms with Crippen molar-refractivity contribution in [1.29, 1.82) is 0 Å². The summed E-state index contributed by atoms with van der Waals surface area (Å²) in [4.78, 5) is 23.5. The lowest BCUT2D eigenvalue weighted by Crippen LogP contribution is -2.29. The third kappa shape index (κ3) is 3.67. The third-order valence-electron chi connectivity index (χ3n) is 4.50. The highest BCUT2D eigenvalue weighted by Gasteiger charge is 2.26. The van der Waals surface area contributed by atoms with E-state index in [0.717, 1.165) is 17.8 Å². The minimum absolute atomic E-state index is 0.0482. The number of aromatic nitrogens is 2. The Hall–Kier alpha value is -3.41. The standard InChI is InChI=1S/C22H22N4O2/c1-15(2)28-20-10-6-4-8-17(20)24-22-23-13-11-18(25-22)21(27)26-14-12-16-7-3-5-9-19(16)26/h3-11,13,15H,12,14H2,1-2H3,(H,23,24,25). The Bertz CT molecular complexity index is 1000. The van der Waals surface area contributed by atoms with E-state index in [1.54, 1.807) is 17.2 Å². The lowest BCUT2D eigenvalue weighted by atomic mass is 10.2. The molecule has 2 heterocycles. The van der Waals surface area contributed by atoms with Crippen LogP contribution in [0.15, 0.2) is 60.8 Å². The zero-order chi connectivity index (χ0) is 19.5. The molecule has 1 aromatic heterocycles. The highest BCUT2D eigenvalue weighted by molar-refractivity contribution is 6.06. The molecule has 3 aromatic rings. The third-order valence-corrected chi connectivity index (χ3v) is 4.50. The molecule has 0 aliphatic carbocycles. The summed E-state index contributed by atoms with van der Waals surface area (Å²) in [5.41, 5.74) is 3.25. The number of para-hydroxylation sites is 3. The van der Waals surface area contributed by atoms with E-state index in [1.165, 1.54) is 5.56 Å². The van der Waals surface area contributed by atoms with Crippen LogP contribution in [-0.4, -0.2) is 28.5 Å². The van der Waals surface area contributed by atoms with Gasteiger partial charge in [-0.05, 0) is 50.1 Å². The van der Waals surface area contributed by atoms with Crippen molar-refractivity contribution < 1.29 is 9.53 Å². The predicted molar refractivity (Wildman–Crippen MR) is 109 cm³/mol. The number of fused-ring (bicyclic) bond motifs is 1. The molecule has 1 aliphatic rings. The topological polar surface area (TPSA) is 67.3 Å². The van der Waals surface area contributed by atoms with Gasteiger partial charge >= 0.3 is 0 Å². The van der Waals surface area contributed by atoms with Crippen LogP contribution >= 0.6 is 0 Å². The van der Waals surface area contributed by atoms with Gasteiger partial charge in [0.25, 0.3) is 5.91 Å². The molecule has 0 bridgehead atoms. The van der Waals surface area contributed by atoms with Crippen LogP contribution in [0.1, 0.15) is 29.9 Å². The lowest BCUT2D eigenvalue weighted by molar-refractivity contribution is 0.0984. The normalized spacial score (nSPS) is 12.8. The zero-order valence-corrected chi connectivity index (χ0v) is 15.9. The molecule has 6 heteroatoms. The van der Waals surface area contributed by atoms with Crippen molar-refractivity contribution in [3.8, 4) is 5.75 Å². The fourth-order valence-electron chi connectivity index (χ4n) is 3.27. The van der Waals surface area contributed by atoms with Crippen molar-refractivity contribution in [2.75, 3.05) is 16.8 Å². The largest absolute Gasteiger partial charge is 0.489 e. The zero-order valence-electron chi connectivity index (χ0n) is 15.9. The van der Waals surface area contributed by atoms with E-state index < -0.39 is 0 Å². The van der Waals surface area contributed by atoms with E-state index >= 15 is 0 Å². The number of carbonyl (C=O) groups excluding carboxylic acids is 1. The molecular formula is C22H22N4O2. The average molecular weight is 374 g/mol. The van der Waals surface area contributed by atoms with Crippen LogP contribution in [0.5, 0.6) is 5.75 Å². The molecule has 0 saturated heterocycles. The summed E-state index contributed by atoms with van der Waals surface area (Å²) in [5.74, 6) is 0.951. The molecule has 0 spiro atoms. The van der Waals surface area contributed by atoms with Crippen molar-refractivity contribution >= 4 is 23.2 Å². The van der Waals surface area contributed by atoms with Gasteiger partial charge in [0, 0.05) is 18.4 Å². The first-order valence-corrected chi connectivity index (χ1v) is 9.37. The Balaban J connectivity index is 1.57. The number of rotatable bonds is 5. The van der Waals surface area contributed by atoms with Crippen LogP contribution in [0.25, 0.3) is 0 Å². The van der Waals surface area contributed by atoms with Crippen molar-refractivity contribution in [1.82, 2.24) is 9.97 Å². The molecule has 6 nitrogen and oxygen atoms in total. The van der Waals surface area contributed by atoms with Crippen molar-refractivity contribution in [2.24, 2.45) is 0 Å². The first-order valence-electron chi connectivity index (χ1n) is 9.37. The summed E-state index contributed by atoms with van der Waals surface area (Å²) < 4.78 is 5.82. The molecule has 0 unspecified atom stereocenters. The molecule has 28 heavy (non-hydrogen) atoms. The maximum atomic E-state index is 13.0. The van der Waals surface area contributed by atoms with E-state index in [0.29, 0.717) is 23.9 Å². The molecule has 0 radical (unpaired) electrons. The maximum Gasteiger partial charge on any atom is 0.277 e. The molecule has 1 amide bonds. The Labute approximate surface area is 164 Å². The monoisotopic (exact) mass is 374 g/mol. The first-order chi connectivity index (χ1) is 13.6. The summed E-state index contributed by atoms with van der Waals surface area (Å²) >= 11 is 0. The Kier molecular flexibility index (Phi) is 4.93. The van der Waals surface area contributed by atoms with Crippen LogP contribution in [0.2, 0.25) is 0 Å². The van der Waals surface area contributed by atoms with Crippen molar-refractivity contribution in [3.63, 3.8) is 0 Å². The number of amides is 1. The fraction of sp³-hybridized carbons (Fsp3) is 0.227. The van der Waals surface area contributed by atoms with Crippen LogP contribution in [0.4, 0.5) is 17.3 Å². The Morgan fingerprint density at radius 2 is 1.89 bits per heavy atom. The van der Waals surface area contributed by atoms with Crippen molar-refractivity contribution in [2.45, 2.75) is 26.4 Å². The number of hydrogen-bond acceptors (Lipinski definition) is 5. The second kappa shape index (κ2) is 7.68. The highest BCUT2D eigenvalue weighted by Crippen LogP contribution is 2.29. The maximum absolute atomic E-state index is 13.0. The molecule has 0 saturated carbocycles. The van der Waals surface area contributed by atoms with E-state index in [2.05, 4.69) is 21.4 Å². The molecular weight excluding hydrogens is 352 g/mol. The molecule has 4 rings (SSSR count). The number of benzene rings is 2. The van der Waals surface area contributed by atoms with Crippen LogP contribution in [0, 0.1) is 0 Å². The summed E-state index contributed by atoms with van der Waals surface area (Å²) in [6, 6.07) is 17.2. The van der Waals surface area contributed by atoms with E-state index in [1.807, 2.05) is 56.3 Å². The first kappa shape index (κ1) is 18.0. The second-order valence-corrected chi connectivity index (χ2v) is 6.89. The van der Waals surface area contributed by atoms with Gasteiger partial charge in [-0.3, -0.25) is 4.79 Å². The van der Waals surface area contributed by atoms with Crippen LogP contribution < -0.4 is 15.0 Å². The lowest BCUT2D eigenvalue weighted by Gasteiger charge is -2.17. The van der Waals surface area contributed by atoms with E-state index in [9.17, 15) is 4.79 Å². The molecule has 2 aromatic carbocycles. The highest BCUT2D eigenvalue weighted by atomic mass is 16.5. The molecule has 1 N–H and O–H groups in total. The SMILES string of the molecule is CC(C)Oc1ccccc1Nc1nccc(C(=O)N2CCc3ccccc32)n1.